The van der Waals surface area contributed by atoms with Crippen LogP contribution >= 0.6 is 11.6 Å². The van der Waals surface area contributed by atoms with Crippen LogP contribution in [0.25, 0.3) is 0 Å². The second-order valence-corrected chi connectivity index (χ2v) is 5.87. The molecule has 1 unspecified atom stereocenters. The number of esters is 1. The summed E-state index contributed by atoms with van der Waals surface area (Å²) in [6.07, 6.45) is -4.83. The molecule has 1 N–H and O–H groups in total. The van der Waals surface area contributed by atoms with E-state index < -0.39 is 36.4 Å². The summed E-state index contributed by atoms with van der Waals surface area (Å²) in [5.41, 5.74) is 0.250. The van der Waals surface area contributed by atoms with E-state index in [4.69, 9.17) is 11.6 Å². The minimum atomic E-state index is -4.52. The van der Waals surface area contributed by atoms with Gasteiger partial charge in [-0.05, 0) is 18.2 Å². The number of anilines is 1. The molecule has 6 nitrogen and oxygen atoms in total. The van der Waals surface area contributed by atoms with Crippen molar-refractivity contribution in [3.8, 4) is 0 Å². The highest BCUT2D eigenvalue weighted by molar-refractivity contribution is 6.33. The molecule has 2 rings (SSSR count). The summed E-state index contributed by atoms with van der Waals surface area (Å²) in [5.74, 6) is -2.96. The predicted molar refractivity (Wildman–Crippen MR) is 82.2 cm³/mol. The van der Waals surface area contributed by atoms with Gasteiger partial charge in [-0.3, -0.25) is 9.59 Å². The number of halogens is 4. The molecule has 1 aliphatic rings. The van der Waals surface area contributed by atoms with Crippen molar-refractivity contribution in [1.29, 1.82) is 0 Å². The van der Waals surface area contributed by atoms with Gasteiger partial charge in [-0.2, -0.15) is 13.2 Å². The number of nitrogens with zero attached hydrogens (tertiary/aromatic N) is 1. The van der Waals surface area contributed by atoms with Crippen LogP contribution in [0.4, 0.5) is 18.9 Å². The van der Waals surface area contributed by atoms with Gasteiger partial charge in [0.15, 0.2) is 0 Å². The molecular formula is C15H14ClF3N2O4. The van der Waals surface area contributed by atoms with Crippen LogP contribution in [0.3, 0.4) is 0 Å². The maximum Gasteiger partial charge on any atom is 0.406 e. The lowest BCUT2D eigenvalue weighted by atomic mass is 10.1. The molecule has 0 aromatic heterocycles. The Bertz CT molecular complexity index is 709. The minimum Gasteiger partial charge on any atom is -0.465 e. The van der Waals surface area contributed by atoms with Crippen LogP contribution in [0, 0.1) is 5.92 Å². The van der Waals surface area contributed by atoms with E-state index in [9.17, 15) is 27.6 Å². The van der Waals surface area contributed by atoms with E-state index in [2.05, 4.69) is 10.1 Å². The fourth-order valence-electron chi connectivity index (χ4n) is 2.43. The summed E-state index contributed by atoms with van der Waals surface area (Å²) < 4.78 is 41.7. The van der Waals surface area contributed by atoms with Gasteiger partial charge in [-0.15, -0.1) is 0 Å². The van der Waals surface area contributed by atoms with E-state index in [1.165, 1.54) is 25.3 Å². The molecule has 1 aromatic rings. The Morgan fingerprint density at radius 1 is 1.40 bits per heavy atom. The molecule has 0 saturated carbocycles. The summed E-state index contributed by atoms with van der Waals surface area (Å²) in [7, 11) is 1.17. The number of benzene rings is 1. The van der Waals surface area contributed by atoms with Crippen molar-refractivity contribution in [3.05, 3.63) is 28.8 Å². The van der Waals surface area contributed by atoms with Gasteiger partial charge >= 0.3 is 12.1 Å². The van der Waals surface area contributed by atoms with Crippen molar-refractivity contribution in [1.82, 2.24) is 4.90 Å². The van der Waals surface area contributed by atoms with Crippen LogP contribution in [0.2, 0.25) is 5.02 Å². The van der Waals surface area contributed by atoms with Crippen LogP contribution in [-0.2, 0) is 14.3 Å². The van der Waals surface area contributed by atoms with Gasteiger partial charge < -0.3 is 15.0 Å². The van der Waals surface area contributed by atoms with E-state index in [0.29, 0.717) is 4.90 Å². The highest BCUT2D eigenvalue weighted by atomic mass is 35.5. The second kappa shape index (κ2) is 7.30. The maximum absolute atomic E-state index is 12.4. The van der Waals surface area contributed by atoms with Gasteiger partial charge in [0.25, 0.3) is 0 Å². The quantitative estimate of drug-likeness (QED) is 0.817. The largest absolute Gasteiger partial charge is 0.465 e. The lowest BCUT2D eigenvalue weighted by Gasteiger charge is -2.18. The smallest absolute Gasteiger partial charge is 0.406 e. The standard InChI is InChI=1S/C15H14ClF3N2O4/c1-25-14(24)10-5-9(2-3-11(10)16)20-13(23)8-4-12(22)21(6-8)7-15(17,18)19/h2-3,5,8H,4,6-7H2,1H3,(H,20,23). The number of nitrogens with one attached hydrogen (secondary N) is 1. The molecule has 0 bridgehead atoms. The summed E-state index contributed by atoms with van der Waals surface area (Å²) in [6.45, 7) is -1.70. The van der Waals surface area contributed by atoms with Gasteiger partial charge in [0.05, 0.1) is 23.6 Å². The maximum atomic E-state index is 12.4. The first-order valence-electron chi connectivity index (χ1n) is 7.14. The molecule has 1 atom stereocenters. The lowest BCUT2D eigenvalue weighted by molar-refractivity contribution is -0.157. The minimum absolute atomic E-state index is 0.0307. The molecule has 2 amide bonds. The number of carbonyl (C=O) groups is 3. The third-order valence-electron chi connectivity index (χ3n) is 3.59. The topological polar surface area (TPSA) is 75.7 Å². The van der Waals surface area contributed by atoms with E-state index >= 15 is 0 Å². The zero-order valence-electron chi connectivity index (χ0n) is 13.0. The second-order valence-electron chi connectivity index (χ2n) is 5.47. The molecule has 10 heteroatoms. The van der Waals surface area contributed by atoms with Crippen molar-refractivity contribution in [2.75, 3.05) is 25.5 Å². The summed E-state index contributed by atoms with van der Waals surface area (Å²) in [6, 6.07) is 4.09. The van der Waals surface area contributed by atoms with Crippen LogP contribution in [0.1, 0.15) is 16.8 Å². The average Bonchev–Trinajstić information content (AvgIpc) is 2.87. The van der Waals surface area contributed by atoms with Crippen LogP contribution in [-0.4, -0.2) is 49.1 Å². The highest BCUT2D eigenvalue weighted by Gasteiger charge is 2.40. The third-order valence-corrected chi connectivity index (χ3v) is 3.92. The number of likely N-dealkylation sites (tertiary alicyclic amines) is 1. The number of rotatable bonds is 4. The summed E-state index contributed by atoms with van der Waals surface area (Å²) >= 11 is 5.86. The number of amides is 2. The molecule has 1 aliphatic heterocycles. The van der Waals surface area contributed by atoms with Crippen molar-refractivity contribution in [3.63, 3.8) is 0 Å². The number of carbonyl (C=O) groups excluding carboxylic acids is 3. The number of hydrogen-bond acceptors (Lipinski definition) is 4. The summed E-state index contributed by atoms with van der Waals surface area (Å²) in [5, 5.41) is 2.59. The SMILES string of the molecule is COC(=O)c1cc(NC(=O)C2CC(=O)N(CC(F)(F)F)C2)ccc1Cl. The van der Waals surface area contributed by atoms with E-state index in [0.717, 1.165) is 0 Å². The Morgan fingerprint density at radius 3 is 2.68 bits per heavy atom. The average molecular weight is 379 g/mol. The number of methoxy groups -OCH3 is 1. The van der Waals surface area contributed by atoms with Gasteiger partial charge in [0.2, 0.25) is 11.8 Å². The van der Waals surface area contributed by atoms with Crippen molar-refractivity contribution in [2.45, 2.75) is 12.6 Å². The van der Waals surface area contributed by atoms with Crippen molar-refractivity contribution < 1.29 is 32.3 Å². The molecular weight excluding hydrogens is 365 g/mol. The number of alkyl halides is 3. The molecule has 1 saturated heterocycles. The molecule has 1 heterocycles. The Labute approximate surface area is 145 Å². The van der Waals surface area contributed by atoms with Gasteiger partial charge in [0, 0.05) is 18.7 Å². The fourth-order valence-corrected chi connectivity index (χ4v) is 2.63. The first kappa shape index (κ1) is 19.0. The Hall–Kier alpha value is -2.29. The molecule has 0 aliphatic carbocycles. The highest BCUT2D eigenvalue weighted by Crippen LogP contribution is 2.26. The molecule has 0 radical (unpaired) electrons. The molecule has 136 valence electrons. The fraction of sp³-hybridized carbons (Fsp3) is 0.400. The summed E-state index contributed by atoms with van der Waals surface area (Å²) in [4.78, 5) is 36.0. The first-order chi connectivity index (χ1) is 11.6. The zero-order valence-corrected chi connectivity index (χ0v) is 13.8. The van der Waals surface area contributed by atoms with Gasteiger partial charge in [-0.25, -0.2) is 4.79 Å². The Morgan fingerprint density at radius 2 is 2.08 bits per heavy atom. The van der Waals surface area contributed by atoms with Crippen molar-refractivity contribution in [2.24, 2.45) is 5.92 Å². The molecule has 1 aromatic carbocycles. The van der Waals surface area contributed by atoms with E-state index in [1.807, 2.05) is 0 Å². The van der Waals surface area contributed by atoms with E-state index in [-0.39, 0.29) is 29.2 Å². The number of hydrogen-bond donors (Lipinski definition) is 1. The van der Waals surface area contributed by atoms with E-state index in [1.54, 1.807) is 0 Å². The van der Waals surface area contributed by atoms with Gasteiger partial charge in [0.1, 0.15) is 6.54 Å². The normalized spacial score (nSPS) is 17.6. The molecule has 1 fully saturated rings. The first-order valence-corrected chi connectivity index (χ1v) is 7.52. The third kappa shape index (κ3) is 4.85. The van der Waals surface area contributed by atoms with Crippen LogP contribution < -0.4 is 5.32 Å². The molecule has 25 heavy (non-hydrogen) atoms. The van der Waals surface area contributed by atoms with Crippen LogP contribution in [0.5, 0.6) is 0 Å². The van der Waals surface area contributed by atoms with Gasteiger partial charge in [-0.1, -0.05) is 11.6 Å². The van der Waals surface area contributed by atoms with Crippen LogP contribution in [0.15, 0.2) is 18.2 Å². The van der Waals surface area contributed by atoms with Crippen molar-refractivity contribution >= 4 is 35.1 Å². The Kier molecular flexibility index (Phi) is 5.56. The lowest BCUT2D eigenvalue weighted by Crippen LogP contribution is -2.36. The zero-order chi connectivity index (χ0) is 18.8. The number of ether oxygens (including phenoxy) is 1. The Balaban J connectivity index is 2.06. The monoisotopic (exact) mass is 378 g/mol. The molecule has 0 spiro atoms. The predicted octanol–water partition coefficient (Wildman–Crippen LogP) is 2.48.